The Labute approximate surface area is 209 Å². The van der Waals surface area contributed by atoms with E-state index in [0.29, 0.717) is 5.75 Å². The molecule has 36 heavy (non-hydrogen) atoms. The van der Waals surface area contributed by atoms with Gasteiger partial charge in [-0.1, -0.05) is 50.2 Å². The molecule has 188 valence electrons. The lowest BCUT2D eigenvalue weighted by Crippen LogP contribution is -2.44. The summed E-state index contributed by atoms with van der Waals surface area (Å²) in [5.41, 5.74) is 2.36. The Bertz CT molecular complexity index is 1440. The van der Waals surface area contributed by atoms with Crippen LogP contribution in [-0.4, -0.2) is 32.6 Å². The highest BCUT2D eigenvalue weighted by Gasteiger charge is 2.30. The first-order chi connectivity index (χ1) is 17.2. The summed E-state index contributed by atoms with van der Waals surface area (Å²) in [6.45, 7) is 3.55. The van der Waals surface area contributed by atoms with Gasteiger partial charge in [0.15, 0.2) is 0 Å². The van der Waals surface area contributed by atoms with Crippen molar-refractivity contribution in [3.63, 3.8) is 0 Å². The molecule has 0 bridgehead atoms. The number of fused-ring (bicyclic) bond motifs is 1. The predicted molar refractivity (Wildman–Crippen MR) is 136 cm³/mol. The molecular weight excluding hydrogens is 482 g/mol. The van der Waals surface area contributed by atoms with Gasteiger partial charge in [0.2, 0.25) is 10.0 Å². The SMILES string of the molecule is COc1cc(-c2ccc(OCc3cc4ccccc4o3)cc2)ccc1S(=O)(=O)NC(C(=O)O)C(C)C. The molecule has 9 heteroatoms. The van der Waals surface area contributed by atoms with Gasteiger partial charge in [-0.2, -0.15) is 4.72 Å². The van der Waals surface area contributed by atoms with Crippen LogP contribution in [0.1, 0.15) is 19.6 Å². The van der Waals surface area contributed by atoms with Gasteiger partial charge >= 0.3 is 5.97 Å². The van der Waals surface area contributed by atoms with E-state index in [2.05, 4.69) is 4.72 Å². The van der Waals surface area contributed by atoms with Gasteiger partial charge in [-0.15, -0.1) is 0 Å². The number of hydrogen-bond donors (Lipinski definition) is 2. The molecule has 4 aromatic rings. The van der Waals surface area contributed by atoms with Crippen LogP contribution >= 0.6 is 0 Å². The highest BCUT2D eigenvalue weighted by molar-refractivity contribution is 7.89. The molecule has 0 aliphatic carbocycles. The number of nitrogens with one attached hydrogen (secondary N) is 1. The number of rotatable bonds is 10. The molecule has 2 N–H and O–H groups in total. The number of sulfonamides is 1. The molecule has 1 atom stereocenters. The zero-order valence-corrected chi connectivity index (χ0v) is 20.9. The third-order valence-corrected chi connectivity index (χ3v) is 7.19. The lowest BCUT2D eigenvalue weighted by atomic mass is 10.1. The van der Waals surface area contributed by atoms with Gasteiger partial charge in [0.1, 0.15) is 40.4 Å². The van der Waals surface area contributed by atoms with Crippen LogP contribution in [0.3, 0.4) is 0 Å². The molecule has 8 nitrogen and oxygen atoms in total. The molecule has 3 aromatic carbocycles. The molecule has 0 fully saturated rings. The normalized spacial score (nSPS) is 12.6. The van der Waals surface area contributed by atoms with Gasteiger partial charge in [0, 0.05) is 5.39 Å². The molecule has 0 spiro atoms. The number of ether oxygens (including phenoxy) is 2. The van der Waals surface area contributed by atoms with E-state index in [0.717, 1.165) is 27.9 Å². The second kappa shape index (κ2) is 10.4. The van der Waals surface area contributed by atoms with Crippen molar-refractivity contribution in [3.05, 3.63) is 78.6 Å². The Morgan fingerprint density at radius 3 is 2.33 bits per heavy atom. The molecular formula is C27H27NO7S. The van der Waals surface area contributed by atoms with Crippen molar-refractivity contribution in [1.82, 2.24) is 4.72 Å². The maximum atomic E-state index is 12.9. The average Bonchev–Trinajstić information content (AvgIpc) is 3.29. The number of carboxylic acid groups (broad SMARTS) is 1. The third-order valence-electron chi connectivity index (χ3n) is 5.71. The average molecular weight is 510 g/mol. The third kappa shape index (κ3) is 5.53. The van der Waals surface area contributed by atoms with Crippen molar-refractivity contribution in [3.8, 4) is 22.6 Å². The Balaban J connectivity index is 1.49. The lowest BCUT2D eigenvalue weighted by Gasteiger charge is -2.19. The van der Waals surface area contributed by atoms with Crippen LogP contribution in [0, 0.1) is 5.92 Å². The van der Waals surface area contributed by atoms with Crippen molar-refractivity contribution in [1.29, 1.82) is 0 Å². The fourth-order valence-electron chi connectivity index (χ4n) is 3.78. The summed E-state index contributed by atoms with van der Waals surface area (Å²) in [5, 5.41) is 10.4. The van der Waals surface area contributed by atoms with Crippen molar-refractivity contribution in [2.75, 3.05) is 7.11 Å². The first kappa shape index (κ1) is 25.3. The topological polar surface area (TPSA) is 115 Å². The van der Waals surface area contributed by atoms with E-state index >= 15 is 0 Å². The van der Waals surface area contributed by atoms with Crippen LogP contribution in [0.4, 0.5) is 0 Å². The van der Waals surface area contributed by atoms with Crippen LogP contribution in [0.2, 0.25) is 0 Å². The number of benzene rings is 3. The summed E-state index contributed by atoms with van der Waals surface area (Å²) in [5.74, 6) is -0.194. The zero-order valence-electron chi connectivity index (χ0n) is 20.1. The second-order valence-electron chi connectivity index (χ2n) is 8.61. The van der Waals surface area contributed by atoms with Crippen molar-refractivity contribution >= 4 is 27.0 Å². The minimum absolute atomic E-state index is 0.109. The van der Waals surface area contributed by atoms with Gasteiger partial charge in [-0.05, 0) is 53.4 Å². The number of carbonyl (C=O) groups is 1. The van der Waals surface area contributed by atoms with Gasteiger partial charge < -0.3 is 19.0 Å². The van der Waals surface area contributed by atoms with E-state index in [1.165, 1.54) is 13.2 Å². The maximum Gasteiger partial charge on any atom is 0.322 e. The maximum absolute atomic E-state index is 12.9. The van der Waals surface area contributed by atoms with Gasteiger partial charge in [0.05, 0.1) is 7.11 Å². The van der Waals surface area contributed by atoms with Crippen molar-refractivity contribution in [2.24, 2.45) is 5.92 Å². The summed E-state index contributed by atoms with van der Waals surface area (Å²) in [7, 11) is -2.76. The Kier molecular flexibility index (Phi) is 7.32. The fourth-order valence-corrected chi connectivity index (χ4v) is 5.27. The molecule has 0 radical (unpaired) electrons. The highest BCUT2D eigenvalue weighted by atomic mass is 32.2. The molecule has 1 heterocycles. The number of furan rings is 1. The number of hydrogen-bond acceptors (Lipinski definition) is 6. The number of carboxylic acids is 1. The first-order valence-electron chi connectivity index (χ1n) is 11.3. The van der Waals surface area contributed by atoms with Crippen molar-refractivity contribution < 1.29 is 32.2 Å². The van der Waals surface area contributed by atoms with E-state index in [1.54, 1.807) is 26.0 Å². The summed E-state index contributed by atoms with van der Waals surface area (Å²) >= 11 is 0. The lowest BCUT2D eigenvalue weighted by molar-refractivity contribution is -0.140. The van der Waals surface area contributed by atoms with E-state index in [-0.39, 0.29) is 17.3 Å². The fraction of sp³-hybridized carbons (Fsp3) is 0.222. The predicted octanol–water partition coefficient (Wildman–Crippen LogP) is 5.07. The number of aliphatic carboxylic acids is 1. The molecule has 1 aromatic heterocycles. The summed E-state index contributed by atoms with van der Waals surface area (Å²) in [4.78, 5) is 11.3. The Hall–Kier alpha value is -3.82. The Morgan fingerprint density at radius 1 is 1.00 bits per heavy atom. The molecule has 4 rings (SSSR count). The summed E-state index contributed by atoms with van der Waals surface area (Å²) in [6.07, 6.45) is 0. The van der Waals surface area contributed by atoms with Gasteiger partial charge in [-0.25, -0.2) is 8.42 Å². The van der Waals surface area contributed by atoms with Crippen LogP contribution < -0.4 is 14.2 Å². The smallest absolute Gasteiger partial charge is 0.322 e. The molecule has 1 unspecified atom stereocenters. The minimum Gasteiger partial charge on any atom is -0.495 e. The standard InChI is InChI=1S/C27H27NO7S/c1-17(2)26(27(29)30)28-36(31,32)25-13-10-19(15-24(25)33-3)18-8-11-21(12-9-18)34-16-22-14-20-6-4-5-7-23(20)35-22/h4-15,17,26,28H,16H2,1-3H3,(H,29,30). The van der Waals surface area contributed by atoms with Crippen LogP contribution in [-0.2, 0) is 21.4 Å². The molecule has 0 amide bonds. The first-order valence-corrected chi connectivity index (χ1v) is 12.8. The molecule has 0 saturated carbocycles. The molecule has 0 aliphatic heterocycles. The Morgan fingerprint density at radius 2 is 1.69 bits per heavy atom. The van der Waals surface area contributed by atoms with Crippen LogP contribution in [0.5, 0.6) is 11.5 Å². The number of methoxy groups -OCH3 is 1. The van der Waals surface area contributed by atoms with E-state index in [1.807, 2.05) is 54.6 Å². The van der Waals surface area contributed by atoms with Gasteiger partial charge in [0.25, 0.3) is 0 Å². The summed E-state index contributed by atoms with van der Waals surface area (Å²) in [6, 6.07) is 20.4. The molecule has 0 saturated heterocycles. The monoisotopic (exact) mass is 509 g/mol. The quantitative estimate of drug-likeness (QED) is 0.306. The van der Waals surface area contributed by atoms with E-state index < -0.39 is 28.0 Å². The van der Waals surface area contributed by atoms with Gasteiger partial charge in [-0.3, -0.25) is 4.79 Å². The minimum atomic E-state index is -4.13. The van der Waals surface area contributed by atoms with E-state index in [9.17, 15) is 18.3 Å². The second-order valence-corrected chi connectivity index (χ2v) is 10.3. The highest BCUT2D eigenvalue weighted by Crippen LogP contribution is 2.31. The molecule has 0 aliphatic rings. The van der Waals surface area contributed by atoms with E-state index in [4.69, 9.17) is 13.9 Å². The zero-order chi connectivity index (χ0) is 25.9. The van der Waals surface area contributed by atoms with Crippen LogP contribution in [0.15, 0.2) is 82.1 Å². The largest absolute Gasteiger partial charge is 0.495 e. The summed E-state index contributed by atoms with van der Waals surface area (Å²) < 4.78 is 45.0. The van der Waals surface area contributed by atoms with Crippen molar-refractivity contribution in [2.45, 2.75) is 31.4 Å². The van der Waals surface area contributed by atoms with Crippen LogP contribution in [0.25, 0.3) is 22.1 Å². The number of para-hydroxylation sites is 1.